The molecule has 0 atom stereocenters. The molecular weight excluding hydrogens is 366 g/mol. The van der Waals surface area contributed by atoms with Crippen LogP contribution < -0.4 is 10.6 Å². The molecule has 1 fully saturated rings. The Balaban J connectivity index is 1.59. The summed E-state index contributed by atoms with van der Waals surface area (Å²) < 4.78 is 7.41. The van der Waals surface area contributed by atoms with Crippen LogP contribution in [0.5, 0.6) is 0 Å². The van der Waals surface area contributed by atoms with Crippen LogP contribution in [0.1, 0.15) is 62.4 Å². The number of carbonyl (C=O) groups excluding carboxylic acids is 2. The minimum atomic E-state index is -0.543. The highest BCUT2D eigenvalue weighted by Crippen LogP contribution is 2.29. The number of hydrogen-bond donors (Lipinski definition) is 2. The molecule has 6 nitrogen and oxygen atoms in total. The quantitative estimate of drug-likeness (QED) is 0.771. The molecule has 0 saturated heterocycles. The smallest absolute Gasteiger partial charge is 0.407 e. The topological polar surface area (TPSA) is 72.4 Å². The van der Waals surface area contributed by atoms with Crippen LogP contribution in [0, 0.1) is 0 Å². The van der Waals surface area contributed by atoms with Crippen molar-refractivity contribution in [3.05, 3.63) is 59.9 Å². The number of hydrogen-bond acceptors (Lipinski definition) is 3. The summed E-state index contributed by atoms with van der Waals surface area (Å²) in [6.45, 7) is 6.65. The fourth-order valence-electron chi connectivity index (χ4n) is 3.71. The maximum absolute atomic E-state index is 12.8. The van der Waals surface area contributed by atoms with Crippen molar-refractivity contribution in [2.75, 3.05) is 6.54 Å². The molecule has 1 aliphatic rings. The first kappa shape index (κ1) is 21.0. The lowest BCUT2D eigenvalue weighted by Crippen LogP contribution is -2.54. The maximum Gasteiger partial charge on any atom is 0.407 e. The highest BCUT2D eigenvalue weighted by molar-refractivity contribution is 5.94. The number of ether oxygens (including phenoxy) is 1. The molecule has 3 rings (SSSR count). The van der Waals surface area contributed by atoms with E-state index in [1.165, 1.54) is 0 Å². The van der Waals surface area contributed by atoms with E-state index in [-0.39, 0.29) is 5.91 Å². The Morgan fingerprint density at radius 3 is 2.28 bits per heavy atom. The Bertz CT molecular complexity index is 814. The normalized spacial score (nSPS) is 15.7. The summed E-state index contributed by atoms with van der Waals surface area (Å²) >= 11 is 0. The second-order valence-electron chi connectivity index (χ2n) is 8.85. The molecule has 0 bridgehead atoms. The molecule has 1 aromatic carbocycles. The van der Waals surface area contributed by atoms with Gasteiger partial charge in [-0.15, -0.1) is 0 Å². The van der Waals surface area contributed by atoms with Gasteiger partial charge >= 0.3 is 6.09 Å². The van der Waals surface area contributed by atoms with Crippen molar-refractivity contribution >= 4 is 12.0 Å². The summed E-state index contributed by atoms with van der Waals surface area (Å²) in [7, 11) is 0. The Morgan fingerprint density at radius 2 is 1.69 bits per heavy atom. The minimum Gasteiger partial charge on any atom is -0.444 e. The zero-order chi connectivity index (χ0) is 20.9. The molecule has 0 unspecified atom stereocenters. The number of alkyl carbamates (subject to hydrolysis) is 1. The number of rotatable bonds is 6. The van der Waals surface area contributed by atoms with Crippen LogP contribution in [0.2, 0.25) is 0 Å². The van der Waals surface area contributed by atoms with Gasteiger partial charge in [0.05, 0.1) is 5.54 Å². The number of amides is 2. The molecule has 1 aromatic heterocycles. The molecule has 2 amide bonds. The lowest BCUT2D eigenvalue weighted by molar-refractivity contribution is 0.0505. The molecule has 1 heterocycles. The number of nitrogens with zero attached hydrogens (tertiary/aromatic N) is 1. The first-order valence-corrected chi connectivity index (χ1v) is 10.2. The molecule has 1 aliphatic carbocycles. The second-order valence-corrected chi connectivity index (χ2v) is 8.85. The van der Waals surface area contributed by atoms with Crippen molar-refractivity contribution in [1.29, 1.82) is 0 Å². The summed E-state index contributed by atoms with van der Waals surface area (Å²) in [6.07, 6.45) is 7.34. The van der Waals surface area contributed by atoms with Crippen molar-refractivity contribution in [3.63, 3.8) is 0 Å². The molecule has 29 heavy (non-hydrogen) atoms. The summed E-state index contributed by atoms with van der Waals surface area (Å²) in [6, 6.07) is 11.7. The molecule has 0 radical (unpaired) electrons. The van der Waals surface area contributed by atoms with Crippen LogP contribution in [0.25, 0.3) is 0 Å². The number of carbonyl (C=O) groups is 2. The SMILES string of the molecule is CC(C)(C)OC(=O)NCC1(NC(=O)c2ccc(Cn3cccc3)cc2)CCCC1. The van der Waals surface area contributed by atoms with Gasteiger partial charge in [0.25, 0.3) is 5.91 Å². The second kappa shape index (κ2) is 8.72. The van der Waals surface area contributed by atoms with E-state index in [4.69, 9.17) is 4.74 Å². The van der Waals surface area contributed by atoms with E-state index in [0.29, 0.717) is 12.1 Å². The van der Waals surface area contributed by atoms with Crippen molar-refractivity contribution in [2.45, 2.75) is 64.1 Å². The van der Waals surface area contributed by atoms with Crippen LogP contribution in [0.4, 0.5) is 4.79 Å². The molecule has 0 spiro atoms. The number of benzene rings is 1. The zero-order valence-corrected chi connectivity index (χ0v) is 17.5. The van der Waals surface area contributed by atoms with Crippen LogP contribution in [-0.2, 0) is 11.3 Å². The fourth-order valence-corrected chi connectivity index (χ4v) is 3.71. The van der Waals surface area contributed by atoms with Crippen molar-refractivity contribution in [1.82, 2.24) is 15.2 Å². The van der Waals surface area contributed by atoms with Gasteiger partial charge < -0.3 is 19.9 Å². The Labute approximate surface area is 172 Å². The van der Waals surface area contributed by atoms with Gasteiger partial charge in [-0.1, -0.05) is 25.0 Å². The first-order valence-electron chi connectivity index (χ1n) is 10.2. The van der Waals surface area contributed by atoms with Crippen LogP contribution in [0.3, 0.4) is 0 Å². The third-order valence-electron chi connectivity index (χ3n) is 5.16. The van der Waals surface area contributed by atoms with Gasteiger partial charge in [0.2, 0.25) is 0 Å². The van der Waals surface area contributed by atoms with E-state index < -0.39 is 17.2 Å². The van der Waals surface area contributed by atoms with E-state index in [1.807, 2.05) is 69.6 Å². The molecule has 1 saturated carbocycles. The van der Waals surface area contributed by atoms with Gasteiger partial charge in [0.15, 0.2) is 0 Å². The molecule has 6 heteroatoms. The van der Waals surface area contributed by atoms with Crippen LogP contribution >= 0.6 is 0 Å². The molecule has 2 N–H and O–H groups in total. The number of nitrogens with one attached hydrogen (secondary N) is 2. The first-order chi connectivity index (χ1) is 13.7. The maximum atomic E-state index is 12.8. The van der Waals surface area contributed by atoms with Gasteiger partial charge in [-0.25, -0.2) is 4.79 Å². The van der Waals surface area contributed by atoms with E-state index in [2.05, 4.69) is 15.2 Å². The standard InChI is InChI=1S/C23H31N3O3/c1-22(2,3)29-21(28)24-17-23(12-4-5-13-23)25-20(27)19-10-8-18(9-11-19)16-26-14-6-7-15-26/h6-11,14-15H,4-5,12-13,16-17H2,1-3H3,(H,24,28)(H,25,27). The van der Waals surface area contributed by atoms with E-state index >= 15 is 0 Å². The number of aromatic nitrogens is 1. The van der Waals surface area contributed by atoms with Crippen molar-refractivity contribution < 1.29 is 14.3 Å². The average molecular weight is 398 g/mol. The summed E-state index contributed by atoms with van der Waals surface area (Å²) in [4.78, 5) is 24.9. The molecule has 156 valence electrons. The highest BCUT2D eigenvalue weighted by atomic mass is 16.6. The summed E-state index contributed by atoms with van der Waals surface area (Å²) in [5.74, 6) is -0.106. The van der Waals surface area contributed by atoms with Crippen molar-refractivity contribution in [2.24, 2.45) is 0 Å². The zero-order valence-electron chi connectivity index (χ0n) is 17.5. The van der Waals surface area contributed by atoms with Gasteiger partial charge in [-0.2, -0.15) is 0 Å². The Morgan fingerprint density at radius 1 is 1.07 bits per heavy atom. The van der Waals surface area contributed by atoms with Gasteiger partial charge in [0.1, 0.15) is 5.60 Å². The van der Waals surface area contributed by atoms with Gasteiger partial charge in [-0.05, 0) is 63.4 Å². The fraction of sp³-hybridized carbons (Fsp3) is 0.478. The lowest BCUT2D eigenvalue weighted by atomic mass is 9.96. The molecule has 0 aliphatic heterocycles. The van der Waals surface area contributed by atoms with Crippen molar-refractivity contribution in [3.8, 4) is 0 Å². The summed E-state index contributed by atoms with van der Waals surface area (Å²) in [5, 5.41) is 6.01. The Kier molecular flexibility index (Phi) is 6.30. The Hall–Kier alpha value is -2.76. The molecule has 2 aromatic rings. The van der Waals surface area contributed by atoms with E-state index in [1.54, 1.807) is 0 Å². The third-order valence-corrected chi connectivity index (χ3v) is 5.16. The summed E-state index contributed by atoms with van der Waals surface area (Å²) in [5.41, 5.74) is 0.806. The highest BCUT2D eigenvalue weighted by Gasteiger charge is 2.36. The average Bonchev–Trinajstić information content (AvgIpc) is 3.32. The lowest BCUT2D eigenvalue weighted by Gasteiger charge is -2.31. The monoisotopic (exact) mass is 397 g/mol. The third kappa shape index (κ3) is 6.11. The minimum absolute atomic E-state index is 0.106. The van der Waals surface area contributed by atoms with Gasteiger partial charge in [0, 0.05) is 31.0 Å². The van der Waals surface area contributed by atoms with E-state index in [9.17, 15) is 9.59 Å². The van der Waals surface area contributed by atoms with E-state index in [0.717, 1.165) is 37.8 Å². The van der Waals surface area contributed by atoms with Gasteiger partial charge in [-0.3, -0.25) is 4.79 Å². The van der Waals surface area contributed by atoms with Crippen LogP contribution in [0.15, 0.2) is 48.8 Å². The predicted molar refractivity (Wildman–Crippen MR) is 113 cm³/mol. The molecular formula is C23H31N3O3. The largest absolute Gasteiger partial charge is 0.444 e. The van der Waals surface area contributed by atoms with Crippen LogP contribution in [-0.4, -0.2) is 34.3 Å². The predicted octanol–water partition coefficient (Wildman–Crippen LogP) is 4.10.